The molecule has 1 aliphatic rings. The highest BCUT2D eigenvalue weighted by atomic mass is 79.9. The fourth-order valence-electron chi connectivity index (χ4n) is 2.68. The van der Waals surface area contributed by atoms with Crippen molar-refractivity contribution in [2.45, 2.75) is 25.6 Å². The number of hydrogen-bond donors (Lipinski definition) is 1. The Morgan fingerprint density at radius 2 is 2.16 bits per heavy atom. The lowest BCUT2D eigenvalue weighted by molar-refractivity contribution is 0.114. The van der Waals surface area contributed by atoms with Gasteiger partial charge < -0.3 is 14.8 Å². The Morgan fingerprint density at radius 1 is 1.32 bits per heavy atom. The summed E-state index contributed by atoms with van der Waals surface area (Å²) in [6.45, 7) is 1.94. The lowest BCUT2D eigenvalue weighted by Gasteiger charge is -2.16. The van der Waals surface area contributed by atoms with Crippen LogP contribution in [0.5, 0.6) is 5.75 Å². The van der Waals surface area contributed by atoms with Gasteiger partial charge in [0.2, 0.25) is 0 Å². The minimum atomic E-state index is 0.234. The summed E-state index contributed by atoms with van der Waals surface area (Å²) in [5, 5.41) is 3.99. The van der Waals surface area contributed by atoms with E-state index in [1.807, 2.05) is 42.5 Å². The first-order chi connectivity index (χ1) is 12.1. The van der Waals surface area contributed by atoms with Crippen LogP contribution in [0.25, 0.3) is 0 Å². The second-order valence-corrected chi connectivity index (χ2v) is 7.60. The molecule has 132 valence electrons. The Kier molecular flexibility index (Phi) is 6.70. The van der Waals surface area contributed by atoms with Crippen molar-refractivity contribution in [1.29, 1.82) is 0 Å². The molecule has 0 amide bonds. The smallest absolute Gasteiger partial charge is 0.130 e. The van der Waals surface area contributed by atoms with Gasteiger partial charge in [-0.15, -0.1) is 0 Å². The minimum Gasteiger partial charge on any atom is -0.488 e. The van der Waals surface area contributed by atoms with Crippen molar-refractivity contribution in [2.24, 2.45) is 0 Å². The molecule has 1 N–H and O–H groups in total. The van der Waals surface area contributed by atoms with E-state index < -0.39 is 0 Å². The number of benzene rings is 2. The normalized spacial score (nSPS) is 16.6. The maximum atomic E-state index is 6.20. The average Bonchev–Trinajstić information content (AvgIpc) is 3.13. The summed E-state index contributed by atoms with van der Waals surface area (Å²) in [6.07, 6.45) is 2.42. The van der Waals surface area contributed by atoms with Crippen LogP contribution in [0.2, 0.25) is 5.02 Å². The standard InChI is InChI=1S/C19H19BrClNO2S/c20-14-7-8-18(24-12-13-4-1-2-6-17(13)21)16(10-14)19(25)22-11-15-5-3-9-23-15/h1-2,4,6-8,10,15H,3,5,9,11-12H2,(H,22,25)/t15-/m1/s1. The van der Waals surface area contributed by atoms with Crippen LogP contribution >= 0.6 is 39.7 Å². The molecule has 0 radical (unpaired) electrons. The van der Waals surface area contributed by atoms with E-state index in [4.69, 9.17) is 33.3 Å². The molecule has 25 heavy (non-hydrogen) atoms. The van der Waals surface area contributed by atoms with E-state index in [9.17, 15) is 0 Å². The zero-order valence-corrected chi connectivity index (χ0v) is 16.8. The molecule has 1 fully saturated rings. The van der Waals surface area contributed by atoms with Crippen LogP contribution in [0.3, 0.4) is 0 Å². The summed E-state index contributed by atoms with van der Waals surface area (Å²) in [5.41, 5.74) is 1.80. The van der Waals surface area contributed by atoms with Crippen LogP contribution in [0, 0.1) is 0 Å². The van der Waals surface area contributed by atoms with Crippen molar-refractivity contribution in [3.63, 3.8) is 0 Å². The van der Waals surface area contributed by atoms with Crippen LogP contribution < -0.4 is 10.1 Å². The highest BCUT2D eigenvalue weighted by molar-refractivity contribution is 9.10. The molecule has 1 heterocycles. The lowest BCUT2D eigenvalue weighted by Crippen LogP contribution is -2.31. The Bertz CT molecular complexity index is 750. The number of nitrogens with one attached hydrogen (secondary N) is 1. The van der Waals surface area contributed by atoms with E-state index in [2.05, 4.69) is 21.2 Å². The Hall–Kier alpha value is -1.14. The van der Waals surface area contributed by atoms with Crippen molar-refractivity contribution < 1.29 is 9.47 Å². The summed E-state index contributed by atoms with van der Waals surface area (Å²) in [6, 6.07) is 13.5. The predicted molar refractivity (Wildman–Crippen MR) is 109 cm³/mol. The molecule has 1 saturated heterocycles. The third kappa shape index (κ3) is 5.17. The first-order valence-electron chi connectivity index (χ1n) is 8.19. The topological polar surface area (TPSA) is 30.5 Å². The third-order valence-electron chi connectivity index (χ3n) is 4.04. The van der Waals surface area contributed by atoms with Crippen molar-refractivity contribution >= 4 is 44.7 Å². The summed E-state index contributed by atoms with van der Waals surface area (Å²) in [5.74, 6) is 0.730. The molecule has 0 aromatic heterocycles. The summed E-state index contributed by atoms with van der Waals surface area (Å²) >= 11 is 15.3. The van der Waals surface area contributed by atoms with Gasteiger partial charge in [-0.1, -0.05) is 57.9 Å². The molecule has 0 aliphatic carbocycles. The van der Waals surface area contributed by atoms with Gasteiger partial charge in [0, 0.05) is 28.2 Å². The van der Waals surface area contributed by atoms with E-state index in [1.54, 1.807) is 0 Å². The van der Waals surface area contributed by atoms with Gasteiger partial charge >= 0.3 is 0 Å². The first-order valence-corrected chi connectivity index (χ1v) is 9.77. The second kappa shape index (κ2) is 8.99. The van der Waals surface area contributed by atoms with Gasteiger partial charge in [0.25, 0.3) is 0 Å². The van der Waals surface area contributed by atoms with Gasteiger partial charge in [-0.25, -0.2) is 0 Å². The van der Waals surface area contributed by atoms with E-state index >= 15 is 0 Å². The van der Waals surface area contributed by atoms with Crippen LogP contribution in [0.4, 0.5) is 0 Å². The molecular weight excluding hydrogens is 422 g/mol. The zero-order chi connectivity index (χ0) is 17.6. The minimum absolute atomic E-state index is 0.234. The van der Waals surface area contributed by atoms with E-state index in [0.717, 1.165) is 47.3 Å². The molecule has 2 aromatic rings. The summed E-state index contributed by atoms with van der Waals surface area (Å²) < 4.78 is 12.6. The highest BCUT2D eigenvalue weighted by Gasteiger charge is 2.17. The van der Waals surface area contributed by atoms with Crippen LogP contribution in [-0.4, -0.2) is 24.2 Å². The Labute approximate surface area is 166 Å². The zero-order valence-electron chi connectivity index (χ0n) is 13.6. The molecular formula is C19H19BrClNO2S. The molecule has 0 saturated carbocycles. The highest BCUT2D eigenvalue weighted by Crippen LogP contribution is 2.26. The van der Waals surface area contributed by atoms with Gasteiger partial charge in [-0.3, -0.25) is 0 Å². The molecule has 6 heteroatoms. The Balaban J connectivity index is 1.68. The van der Waals surface area contributed by atoms with Gasteiger partial charge in [0.15, 0.2) is 0 Å². The average molecular weight is 441 g/mol. The third-order valence-corrected chi connectivity index (χ3v) is 5.27. The predicted octanol–water partition coefficient (Wildman–Crippen LogP) is 5.13. The first kappa shape index (κ1) is 18.6. The number of hydrogen-bond acceptors (Lipinski definition) is 3. The van der Waals surface area contributed by atoms with Gasteiger partial charge in [0.1, 0.15) is 17.3 Å². The van der Waals surface area contributed by atoms with E-state index in [-0.39, 0.29) is 6.10 Å². The molecule has 3 nitrogen and oxygen atoms in total. The molecule has 0 bridgehead atoms. The molecule has 0 spiro atoms. The largest absolute Gasteiger partial charge is 0.488 e. The number of ether oxygens (including phenoxy) is 2. The van der Waals surface area contributed by atoms with Crippen molar-refractivity contribution in [1.82, 2.24) is 5.32 Å². The van der Waals surface area contributed by atoms with Crippen LogP contribution in [-0.2, 0) is 11.3 Å². The van der Waals surface area contributed by atoms with Gasteiger partial charge in [0.05, 0.1) is 11.7 Å². The Morgan fingerprint density at radius 3 is 2.92 bits per heavy atom. The quantitative estimate of drug-likeness (QED) is 0.631. The summed E-state index contributed by atoms with van der Waals surface area (Å²) in [7, 11) is 0. The van der Waals surface area contributed by atoms with E-state index in [0.29, 0.717) is 16.6 Å². The fraction of sp³-hybridized carbons (Fsp3) is 0.316. The maximum absolute atomic E-state index is 6.20. The molecule has 1 aliphatic heterocycles. The van der Waals surface area contributed by atoms with Crippen LogP contribution in [0.1, 0.15) is 24.0 Å². The molecule has 0 unspecified atom stereocenters. The number of thiocarbonyl (C=S) groups is 1. The molecule has 3 rings (SSSR count). The summed E-state index contributed by atoms with van der Waals surface area (Å²) in [4.78, 5) is 0.658. The second-order valence-electron chi connectivity index (χ2n) is 5.87. The van der Waals surface area contributed by atoms with Crippen LogP contribution in [0.15, 0.2) is 46.9 Å². The number of halogens is 2. The fourth-order valence-corrected chi connectivity index (χ4v) is 3.48. The monoisotopic (exact) mass is 439 g/mol. The van der Waals surface area contributed by atoms with E-state index in [1.165, 1.54) is 0 Å². The molecule has 1 atom stereocenters. The SMILES string of the molecule is S=C(NC[C@H]1CCCO1)c1cc(Br)ccc1OCc1ccccc1Cl. The van der Waals surface area contributed by atoms with Crippen molar-refractivity contribution in [3.8, 4) is 5.75 Å². The van der Waals surface area contributed by atoms with Gasteiger partial charge in [-0.05, 0) is 37.1 Å². The lowest BCUT2D eigenvalue weighted by atomic mass is 10.2. The molecule has 2 aromatic carbocycles. The number of rotatable bonds is 6. The van der Waals surface area contributed by atoms with Crippen molar-refractivity contribution in [3.05, 3.63) is 63.1 Å². The van der Waals surface area contributed by atoms with Gasteiger partial charge in [-0.2, -0.15) is 0 Å². The van der Waals surface area contributed by atoms with Crippen molar-refractivity contribution in [2.75, 3.05) is 13.2 Å². The maximum Gasteiger partial charge on any atom is 0.130 e.